The number of unbranched alkanes of at least 4 members (excludes halogenated alkanes) is 2. The van der Waals surface area contributed by atoms with Gasteiger partial charge in [-0.3, -0.25) is 0 Å². The first-order chi connectivity index (χ1) is 5.68. The van der Waals surface area contributed by atoms with Gasteiger partial charge in [0.2, 0.25) is 0 Å². The summed E-state index contributed by atoms with van der Waals surface area (Å²) < 4.78 is 4.31. The van der Waals surface area contributed by atoms with Crippen molar-refractivity contribution in [2.24, 2.45) is 0 Å². The second-order valence-corrected chi connectivity index (χ2v) is 28.7. The van der Waals surface area contributed by atoms with Crippen molar-refractivity contribution < 1.29 is 0 Å². The second kappa shape index (κ2) is 8.10. The molecule has 12 heavy (non-hydrogen) atoms. The first-order valence-electron chi connectivity index (χ1n) is 4.93. The maximum atomic E-state index is 4.05. The van der Waals surface area contributed by atoms with Crippen LogP contribution >= 0.6 is 28.6 Å². The summed E-state index contributed by atoms with van der Waals surface area (Å²) in [4.78, 5) is 0. The van der Waals surface area contributed by atoms with Gasteiger partial charge in [-0.25, -0.2) is 0 Å². The molecule has 0 aromatic carbocycles. The van der Waals surface area contributed by atoms with Crippen LogP contribution in [-0.2, 0) is 0 Å². The molecule has 0 spiro atoms. The van der Waals surface area contributed by atoms with Gasteiger partial charge < -0.3 is 0 Å². The van der Waals surface area contributed by atoms with E-state index in [-0.39, 0.29) is 0 Å². The van der Waals surface area contributed by atoms with Crippen LogP contribution in [0.3, 0.4) is 0 Å². The number of halogens is 2. The van der Waals surface area contributed by atoms with Crippen LogP contribution in [0.2, 0.25) is 8.87 Å². The van der Waals surface area contributed by atoms with Crippen LogP contribution in [0.1, 0.15) is 39.5 Å². The summed E-state index contributed by atoms with van der Waals surface area (Å²) in [6, 6.07) is 0. The van der Waals surface area contributed by atoms with Gasteiger partial charge in [-0.05, 0) is 0 Å². The maximum absolute atomic E-state index is 4.05. The van der Waals surface area contributed by atoms with Crippen molar-refractivity contribution in [1.82, 2.24) is 0 Å². The summed E-state index contributed by atoms with van der Waals surface area (Å²) in [5.41, 5.74) is 0. The van der Waals surface area contributed by atoms with Crippen molar-refractivity contribution in [2.75, 3.05) is 3.35 Å². The van der Waals surface area contributed by atoms with Gasteiger partial charge in [-0.1, -0.05) is 0 Å². The molecule has 0 unspecified atom stereocenters. The van der Waals surface area contributed by atoms with Gasteiger partial charge in [-0.2, -0.15) is 0 Å². The summed E-state index contributed by atoms with van der Waals surface area (Å²) in [5, 5.41) is 0. The van der Waals surface area contributed by atoms with Crippen molar-refractivity contribution in [2.45, 2.75) is 48.4 Å². The van der Waals surface area contributed by atoms with Crippen molar-refractivity contribution in [1.29, 1.82) is 0 Å². The molecule has 0 heterocycles. The van der Waals surface area contributed by atoms with Crippen molar-refractivity contribution in [3.8, 4) is 0 Å². The third-order valence-corrected chi connectivity index (χ3v) is 30.1. The van der Waals surface area contributed by atoms with E-state index in [2.05, 4.69) is 42.5 Å². The molecule has 0 aromatic rings. The average molecular weight is 407 g/mol. The van der Waals surface area contributed by atoms with E-state index in [1.165, 1.54) is 37.9 Å². The Morgan fingerprint density at radius 1 is 1.00 bits per heavy atom. The van der Waals surface area contributed by atoms with Gasteiger partial charge in [0.15, 0.2) is 0 Å². The van der Waals surface area contributed by atoms with Crippen LogP contribution in [0.25, 0.3) is 0 Å². The molecular formula is C9H20Br2Sn. The van der Waals surface area contributed by atoms with Gasteiger partial charge in [0.25, 0.3) is 0 Å². The van der Waals surface area contributed by atoms with E-state index >= 15 is 0 Å². The summed E-state index contributed by atoms with van der Waals surface area (Å²) in [6.45, 7) is 4.57. The Hall–Kier alpha value is 1.76. The van der Waals surface area contributed by atoms with Crippen molar-refractivity contribution in [3.05, 3.63) is 0 Å². The van der Waals surface area contributed by atoms with E-state index in [4.69, 9.17) is 0 Å². The second-order valence-electron chi connectivity index (χ2n) is 3.49. The normalized spacial score (nSPS) is 12.0. The molecule has 0 aliphatic carbocycles. The Morgan fingerprint density at radius 2 is 1.42 bits per heavy atom. The van der Waals surface area contributed by atoms with Crippen LogP contribution in [0.15, 0.2) is 0 Å². The third-order valence-electron chi connectivity index (χ3n) is 2.20. The number of hydrogen-bond acceptors (Lipinski definition) is 0. The first kappa shape index (κ1) is 13.8. The zero-order valence-corrected chi connectivity index (χ0v) is 14.2. The number of rotatable bonds is 7. The van der Waals surface area contributed by atoms with Gasteiger partial charge in [-0.15, -0.1) is 0 Å². The number of alkyl halides is 1. The van der Waals surface area contributed by atoms with Crippen LogP contribution in [0.4, 0.5) is 0 Å². The summed E-state index contributed by atoms with van der Waals surface area (Å²) in [5.74, 6) is 0. The molecule has 0 amide bonds. The molecule has 0 atom stereocenters. The fraction of sp³-hybridized carbons (Fsp3) is 1.00. The van der Waals surface area contributed by atoms with E-state index in [1.807, 2.05) is 0 Å². The molecule has 0 aliphatic heterocycles. The fourth-order valence-corrected chi connectivity index (χ4v) is 15.9. The van der Waals surface area contributed by atoms with Crippen LogP contribution in [-0.4, -0.2) is 19.5 Å². The molecule has 0 aliphatic rings. The fourth-order valence-electron chi connectivity index (χ4n) is 1.25. The Morgan fingerprint density at radius 3 is 1.67 bits per heavy atom. The van der Waals surface area contributed by atoms with E-state index in [0.717, 1.165) is 0 Å². The summed E-state index contributed by atoms with van der Waals surface area (Å²) in [6.07, 6.45) is 5.56. The molecular weight excluding hydrogens is 387 g/mol. The topological polar surface area (TPSA) is 0 Å². The Bertz CT molecular complexity index is 98.7. The Kier molecular flexibility index (Phi) is 9.29. The summed E-state index contributed by atoms with van der Waals surface area (Å²) >= 11 is 5.97. The van der Waals surface area contributed by atoms with Crippen molar-refractivity contribution >= 4 is 44.8 Å². The SMILES string of the molecule is CCC[CH2][Sn]([Br])([CH2]Br)[CH2]CCC. The zero-order valence-electron chi connectivity index (χ0n) is 8.21. The molecule has 74 valence electrons. The van der Waals surface area contributed by atoms with Gasteiger partial charge >= 0.3 is 96.5 Å². The molecule has 0 nitrogen and oxygen atoms in total. The Balaban J connectivity index is 3.70. The minimum atomic E-state index is -1.76. The first-order valence-corrected chi connectivity index (χ1v) is 18.5. The standard InChI is InChI=1S/2C4H9.CH2Br.BrH.Sn/c2*1-3-4-2;1-2;;/h2*1,3-4H2,2H3;1H2;1H;/q;;;;+1/p-1. The predicted octanol–water partition coefficient (Wildman–Crippen LogP) is 4.86. The van der Waals surface area contributed by atoms with Crippen LogP contribution in [0.5, 0.6) is 0 Å². The van der Waals surface area contributed by atoms with E-state index in [9.17, 15) is 0 Å². The Labute approximate surface area is 95.6 Å². The van der Waals surface area contributed by atoms with E-state index in [0.29, 0.717) is 0 Å². The molecule has 0 saturated heterocycles. The monoisotopic (exact) mass is 406 g/mol. The van der Waals surface area contributed by atoms with Crippen LogP contribution in [0, 0.1) is 0 Å². The average Bonchev–Trinajstić information content (AvgIpc) is 2.11. The molecule has 0 N–H and O–H groups in total. The quantitative estimate of drug-likeness (QED) is 0.418. The minimum absolute atomic E-state index is 1.29. The van der Waals surface area contributed by atoms with E-state index < -0.39 is 16.2 Å². The molecule has 0 saturated carbocycles. The van der Waals surface area contributed by atoms with Gasteiger partial charge in [0.05, 0.1) is 0 Å². The molecule has 3 heteroatoms. The molecule has 0 fully saturated rings. The predicted molar refractivity (Wildman–Crippen MR) is 67.9 cm³/mol. The zero-order chi connectivity index (χ0) is 9.45. The van der Waals surface area contributed by atoms with Crippen molar-refractivity contribution in [3.63, 3.8) is 0 Å². The van der Waals surface area contributed by atoms with Crippen LogP contribution < -0.4 is 0 Å². The van der Waals surface area contributed by atoms with E-state index in [1.54, 1.807) is 0 Å². The molecule has 0 aromatic heterocycles. The molecule has 0 rings (SSSR count). The van der Waals surface area contributed by atoms with Gasteiger partial charge in [0, 0.05) is 0 Å². The third kappa shape index (κ3) is 6.25. The summed E-state index contributed by atoms with van der Waals surface area (Å²) in [7, 11) is 0. The molecule has 0 bridgehead atoms. The van der Waals surface area contributed by atoms with Gasteiger partial charge in [0.1, 0.15) is 0 Å². The number of hydrogen-bond donors (Lipinski definition) is 0. The molecule has 0 radical (unpaired) electrons.